The zero-order valence-corrected chi connectivity index (χ0v) is 16.8. The largest absolute Gasteiger partial charge is 0.490 e. The van der Waals surface area contributed by atoms with E-state index in [0.29, 0.717) is 32.9 Å². The molecule has 2 saturated heterocycles. The molecule has 2 aromatic rings. The summed E-state index contributed by atoms with van der Waals surface area (Å²) < 4.78 is 56.7. The van der Waals surface area contributed by atoms with Crippen molar-refractivity contribution in [2.75, 3.05) is 32.9 Å². The maximum Gasteiger partial charge on any atom is 0.490 e. The molecule has 0 radical (unpaired) electrons. The molecule has 2 aliphatic heterocycles. The highest BCUT2D eigenvalue weighted by Gasteiger charge is 2.52. The first-order valence-corrected chi connectivity index (χ1v) is 9.94. The minimum atomic E-state index is -5.08. The van der Waals surface area contributed by atoms with Gasteiger partial charge in [0.1, 0.15) is 0 Å². The van der Waals surface area contributed by atoms with Crippen LogP contribution >= 0.6 is 11.3 Å². The zero-order valence-electron chi connectivity index (χ0n) is 16.0. The number of nitrogens with zero attached hydrogens (tertiary/aromatic N) is 2. The van der Waals surface area contributed by atoms with E-state index in [1.54, 1.807) is 0 Å². The lowest BCUT2D eigenvalue weighted by molar-refractivity contribution is -0.192. The van der Waals surface area contributed by atoms with Crippen LogP contribution in [0.2, 0.25) is 0 Å². The second-order valence-corrected chi connectivity index (χ2v) is 8.07. The Hall–Kier alpha value is -2.73. The van der Waals surface area contributed by atoms with Gasteiger partial charge in [0.25, 0.3) is 5.91 Å². The molecule has 7 nitrogen and oxygen atoms in total. The smallest absolute Gasteiger partial charge is 0.475 e. The average Bonchev–Trinajstić information content (AvgIpc) is 3.43. The summed E-state index contributed by atoms with van der Waals surface area (Å²) in [6.07, 6.45) is -3.58. The topological polar surface area (TPSA) is 89.0 Å². The first kappa shape index (κ1) is 22.9. The van der Waals surface area contributed by atoms with E-state index in [2.05, 4.69) is 4.98 Å². The number of alkyl halides is 3. The number of carboxylic acids is 1. The molecule has 0 aromatic carbocycles. The van der Waals surface area contributed by atoms with E-state index in [4.69, 9.17) is 19.4 Å². The fourth-order valence-electron chi connectivity index (χ4n) is 3.44. The Bertz CT molecular complexity index is 924. The van der Waals surface area contributed by atoms with Crippen LogP contribution < -0.4 is 4.74 Å². The predicted octanol–water partition coefficient (Wildman–Crippen LogP) is 3.08. The van der Waals surface area contributed by atoms with E-state index in [1.807, 2.05) is 22.4 Å². The molecule has 12 heteroatoms. The number of carboxylic acid groups (broad SMARTS) is 1. The SMILES string of the molecule is O=C(O)C(F)(F)F.O=C(c1cccs1)N1C[C@@H]2COC[C@]2(COc2ncccc2F)C1. The van der Waals surface area contributed by atoms with Crippen LogP contribution in [0, 0.1) is 17.2 Å². The first-order valence-electron chi connectivity index (χ1n) is 9.06. The van der Waals surface area contributed by atoms with Gasteiger partial charge in [0, 0.05) is 25.2 Å². The number of carbonyl (C=O) groups excluding carboxylic acids is 1. The summed E-state index contributed by atoms with van der Waals surface area (Å²) in [5, 5.41) is 9.02. The van der Waals surface area contributed by atoms with Crippen molar-refractivity contribution in [1.29, 1.82) is 0 Å². The van der Waals surface area contributed by atoms with Crippen LogP contribution in [0.25, 0.3) is 0 Å². The van der Waals surface area contributed by atoms with Crippen molar-refractivity contribution in [3.8, 4) is 5.88 Å². The lowest BCUT2D eigenvalue weighted by Gasteiger charge is -2.26. The summed E-state index contributed by atoms with van der Waals surface area (Å²) in [6.45, 7) is 2.61. The number of thiophene rings is 1. The second-order valence-electron chi connectivity index (χ2n) is 7.12. The van der Waals surface area contributed by atoms with E-state index in [1.165, 1.54) is 29.7 Å². The second kappa shape index (κ2) is 9.18. The van der Waals surface area contributed by atoms with Gasteiger partial charge < -0.3 is 19.5 Å². The Morgan fingerprint density at radius 3 is 2.71 bits per heavy atom. The van der Waals surface area contributed by atoms with Crippen LogP contribution in [0.1, 0.15) is 9.67 Å². The highest BCUT2D eigenvalue weighted by molar-refractivity contribution is 7.12. The third-order valence-electron chi connectivity index (χ3n) is 5.00. The molecule has 0 aliphatic carbocycles. The van der Waals surface area contributed by atoms with Crippen LogP contribution in [-0.2, 0) is 9.53 Å². The molecule has 4 rings (SSSR count). The van der Waals surface area contributed by atoms with E-state index in [0.717, 1.165) is 4.88 Å². The van der Waals surface area contributed by atoms with Gasteiger partial charge in [-0.05, 0) is 23.6 Å². The fraction of sp³-hybridized carbons (Fsp3) is 0.421. The molecule has 0 unspecified atom stereocenters. The number of carbonyl (C=O) groups is 2. The Kier molecular flexibility index (Phi) is 6.80. The lowest BCUT2D eigenvalue weighted by Crippen LogP contribution is -2.38. The van der Waals surface area contributed by atoms with Gasteiger partial charge in [-0.1, -0.05) is 6.07 Å². The van der Waals surface area contributed by atoms with E-state index < -0.39 is 18.0 Å². The third kappa shape index (κ3) is 5.31. The molecule has 4 heterocycles. The average molecular weight is 462 g/mol. The van der Waals surface area contributed by atoms with Crippen LogP contribution in [0.3, 0.4) is 0 Å². The number of likely N-dealkylation sites (tertiary alicyclic amines) is 1. The van der Waals surface area contributed by atoms with Gasteiger partial charge in [-0.2, -0.15) is 13.2 Å². The molecule has 2 aromatic heterocycles. The minimum Gasteiger partial charge on any atom is -0.475 e. The first-order chi connectivity index (χ1) is 14.6. The number of hydrogen-bond donors (Lipinski definition) is 1. The Morgan fingerprint density at radius 1 is 1.35 bits per heavy atom. The van der Waals surface area contributed by atoms with Crippen LogP contribution in [0.15, 0.2) is 35.8 Å². The van der Waals surface area contributed by atoms with Crippen molar-refractivity contribution >= 4 is 23.2 Å². The number of fused-ring (bicyclic) bond motifs is 1. The van der Waals surface area contributed by atoms with E-state index in [9.17, 15) is 22.4 Å². The van der Waals surface area contributed by atoms with Gasteiger partial charge in [-0.15, -0.1) is 11.3 Å². The maximum absolute atomic E-state index is 13.7. The number of hydrogen-bond acceptors (Lipinski definition) is 6. The summed E-state index contributed by atoms with van der Waals surface area (Å²) in [7, 11) is 0. The number of amides is 1. The van der Waals surface area contributed by atoms with Crippen molar-refractivity contribution in [1.82, 2.24) is 9.88 Å². The Balaban J connectivity index is 0.000000339. The molecule has 31 heavy (non-hydrogen) atoms. The molecule has 168 valence electrons. The molecule has 2 aliphatic rings. The highest BCUT2D eigenvalue weighted by Crippen LogP contribution is 2.42. The number of ether oxygens (including phenoxy) is 2. The van der Waals surface area contributed by atoms with Crippen molar-refractivity contribution < 1.29 is 41.7 Å². The molecule has 1 amide bonds. The standard InChI is InChI=1S/C17H17FN2O3S.C2HF3O2/c18-13-3-1-5-19-15(13)23-11-17-9-20(7-12(17)8-22-10-17)16(21)14-4-2-6-24-14;3-2(4,5)1(6)7/h1-6,12H,7-11H2;(H,6,7)/t12-,17+;/m1./s1. The maximum atomic E-state index is 13.7. The van der Waals surface area contributed by atoms with Crippen LogP contribution in [0.5, 0.6) is 5.88 Å². The zero-order chi connectivity index (χ0) is 22.6. The van der Waals surface area contributed by atoms with Gasteiger partial charge >= 0.3 is 12.1 Å². The summed E-state index contributed by atoms with van der Waals surface area (Å²) in [5.74, 6) is -2.99. The molecule has 1 N–H and O–H groups in total. The summed E-state index contributed by atoms with van der Waals surface area (Å²) in [4.78, 5) is 28.0. The quantitative estimate of drug-likeness (QED) is 0.703. The van der Waals surface area contributed by atoms with Gasteiger partial charge in [0.15, 0.2) is 5.82 Å². The molecular formula is C19H18F4N2O5S. The van der Waals surface area contributed by atoms with Crippen molar-refractivity contribution in [2.45, 2.75) is 6.18 Å². The Morgan fingerprint density at radius 2 is 2.10 bits per heavy atom. The highest BCUT2D eigenvalue weighted by atomic mass is 32.1. The molecule has 2 fully saturated rings. The van der Waals surface area contributed by atoms with Crippen LogP contribution in [-0.4, -0.2) is 66.0 Å². The molecular weight excluding hydrogens is 444 g/mol. The Labute approximate surface area is 178 Å². The van der Waals surface area contributed by atoms with Crippen molar-refractivity contribution in [2.24, 2.45) is 11.3 Å². The van der Waals surface area contributed by atoms with E-state index >= 15 is 0 Å². The number of pyridine rings is 1. The normalized spacial score (nSPS) is 22.5. The number of halogens is 4. The fourth-order valence-corrected chi connectivity index (χ4v) is 4.13. The minimum absolute atomic E-state index is 0.000517. The van der Waals surface area contributed by atoms with Gasteiger partial charge in [0.2, 0.25) is 5.88 Å². The van der Waals surface area contributed by atoms with Crippen molar-refractivity contribution in [3.05, 3.63) is 46.5 Å². The molecule has 0 bridgehead atoms. The van der Waals surface area contributed by atoms with Gasteiger partial charge in [0.05, 0.1) is 30.1 Å². The predicted molar refractivity (Wildman–Crippen MR) is 100 cm³/mol. The molecule has 0 saturated carbocycles. The van der Waals surface area contributed by atoms with Crippen LogP contribution in [0.4, 0.5) is 17.6 Å². The van der Waals surface area contributed by atoms with Gasteiger partial charge in [-0.25, -0.2) is 14.2 Å². The molecule has 2 atom stereocenters. The van der Waals surface area contributed by atoms with E-state index in [-0.39, 0.29) is 23.1 Å². The van der Waals surface area contributed by atoms with Crippen molar-refractivity contribution in [3.63, 3.8) is 0 Å². The number of rotatable bonds is 4. The molecule has 0 spiro atoms. The monoisotopic (exact) mass is 462 g/mol. The lowest BCUT2D eigenvalue weighted by atomic mass is 9.82. The third-order valence-corrected chi connectivity index (χ3v) is 5.86. The number of aromatic nitrogens is 1. The number of aliphatic carboxylic acids is 1. The summed E-state index contributed by atoms with van der Waals surface area (Å²) in [6, 6.07) is 6.56. The summed E-state index contributed by atoms with van der Waals surface area (Å²) in [5.41, 5.74) is -0.295. The summed E-state index contributed by atoms with van der Waals surface area (Å²) >= 11 is 1.44. The van der Waals surface area contributed by atoms with Gasteiger partial charge in [-0.3, -0.25) is 4.79 Å².